The lowest BCUT2D eigenvalue weighted by Crippen LogP contribution is -2.20. The molecule has 4 aromatic rings. The first-order valence-corrected chi connectivity index (χ1v) is 9.80. The number of hydrogen-bond donors (Lipinski definition) is 2. The molecule has 0 bridgehead atoms. The zero-order valence-corrected chi connectivity index (χ0v) is 17.5. The van der Waals surface area contributed by atoms with Crippen molar-refractivity contribution in [2.24, 2.45) is 0 Å². The standard InChI is InChI=1S/C22H12ClF5N4O2/c23-15-3-1-11(7-14(15)22(26,27)28)31-21(33)32-12-8-16(24)20(25)19(9-12)34-13-2-4-17-18(10-13)30-6-5-29-17/h1-10H,(H2,31,32,33). The van der Waals surface area contributed by atoms with E-state index in [4.69, 9.17) is 16.3 Å². The van der Waals surface area contributed by atoms with E-state index in [-0.39, 0.29) is 17.1 Å². The fourth-order valence-electron chi connectivity index (χ4n) is 2.96. The molecule has 1 heterocycles. The SMILES string of the molecule is O=C(Nc1cc(F)c(F)c(Oc2ccc3nccnc3c2)c1)Nc1ccc(Cl)c(C(F)(F)F)c1. The van der Waals surface area contributed by atoms with Crippen molar-refractivity contribution in [1.82, 2.24) is 9.97 Å². The van der Waals surface area contributed by atoms with Crippen molar-refractivity contribution >= 4 is 40.0 Å². The van der Waals surface area contributed by atoms with Crippen LogP contribution < -0.4 is 15.4 Å². The molecule has 0 spiro atoms. The maximum Gasteiger partial charge on any atom is 0.417 e. The zero-order valence-electron chi connectivity index (χ0n) is 16.8. The second kappa shape index (κ2) is 9.10. The minimum absolute atomic E-state index is 0.133. The van der Waals surface area contributed by atoms with Gasteiger partial charge >= 0.3 is 12.2 Å². The van der Waals surface area contributed by atoms with Crippen molar-refractivity contribution in [2.45, 2.75) is 6.18 Å². The highest BCUT2D eigenvalue weighted by Crippen LogP contribution is 2.36. The predicted octanol–water partition coefficient (Wildman–Crippen LogP) is 7.02. The molecule has 0 saturated heterocycles. The van der Waals surface area contributed by atoms with Gasteiger partial charge in [0.05, 0.1) is 21.6 Å². The van der Waals surface area contributed by atoms with Crippen LogP contribution in [0.3, 0.4) is 0 Å². The van der Waals surface area contributed by atoms with Gasteiger partial charge in [-0.2, -0.15) is 17.6 Å². The number of nitrogens with zero attached hydrogens (tertiary/aromatic N) is 2. The Balaban J connectivity index is 1.53. The Hall–Kier alpha value is -3.99. The van der Waals surface area contributed by atoms with E-state index in [1.54, 1.807) is 6.07 Å². The fraction of sp³-hybridized carbons (Fsp3) is 0.0455. The number of alkyl halides is 3. The number of carbonyl (C=O) groups excluding carboxylic acids is 1. The van der Waals surface area contributed by atoms with Gasteiger partial charge in [-0.3, -0.25) is 9.97 Å². The number of fused-ring (bicyclic) bond motifs is 1. The van der Waals surface area contributed by atoms with Crippen LogP contribution in [0.4, 0.5) is 38.1 Å². The van der Waals surface area contributed by atoms with Crippen molar-refractivity contribution in [3.63, 3.8) is 0 Å². The summed E-state index contributed by atoms with van der Waals surface area (Å²) < 4.78 is 72.8. The predicted molar refractivity (Wildman–Crippen MR) is 115 cm³/mol. The topological polar surface area (TPSA) is 76.1 Å². The van der Waals surface area contributed by atoms with Crippen LogP contribution in [-0.4, -0.2) is 16.0 Å². The van der Waals surface area contributed by atoms with Crippen LogP contribution in [0, 0.1) is 11.6 Å². The lowest BCUT2D eigenvalue weighted by molar-refractivity contribution is -0.137. The Bertz CT molecular complexity index is 1400. The second-order valence-corrected chi connectivity index (χ2v) is 7.26. The molecule has 0 fully saturated rings. The van der Waals surface area contributed by atoms with Gasteiger partial charge in [0.1, 0.15) is 5.75 Å². The highest BCUT2D eigenvalue weighted by molar-refractivity contribution is 6.31. The molecule has 2 N–H and O–H groups in total. The third-order valence-electron chi connectivity index (χ3n) is 4.45. The third kappa shape index (κ3) is 5.15. The van der Waals surface area contributed by atoms with Crippen molar-refractivity contribution in [3.8, 4) is 11.5 Å². The Labute approximate surface area is 193 Å². The summed E-state index contributed by atoms with van der Waals surface area (Å²) in [6.45, 7) is 0. The van der Waals surface area contributed by atoms with E-state index < -0.39 is 40.2 Å². The summed E-state index contributed by atoms with van der Waals surface area (Å²) in [5, 5.41) is 3.85. The van der Waals surface area contributed by atoms with Gasteiger partial charge < -0.3 is 15.4 Å². The van der Waals surface area contributed by atoms with Crippen molar-refractivity contribution < 1.29 is 31.5 Å². The van der Waals surface area contributed by atoms with Gasteiger partial charge in [-0.15, -0.1) is 0 Å². The first-order valence-electron chi connectivity index (χ1n) is 9.42. The Morgan fingerprint density at radius 3 is 2.32 bits per heavy atom. The van der Waals surface area contributed by atoms with Crippen LogP contribution in [0.15, 0.2) is 60.9 Å². The molecule has 3 aromatic carbocycles. The van der Waals surface area contributed by atoms with Crippen LogP contribution in [-0.2, 0) is 6.18 Å². The smallest absolute Gasteiger partial charge is 0.417 e. The molecule has 0 aliphatic rings. The monoisotopic (exact) mass is 494 g/mol. The minimum atomic E-state index is -4.73. The van der Waals surface area contributed by atoms with Gasteiger partial charge in [0.2, 0.25) is 5.82 Å². The van der Waals surface area contributed by atoms with E-state index in [2.05, 4.69) is 20.6 Å². The summed E-state index contributed by atoms with van der Waals surface area (Å²) in [7, 11) is 0. The van der Waals surface area contributed by atoms with Gasteiger partial charge in [0.25, 0.3) is 0 Å². The first-order chi connectivity index (χ1) is 16.1. The normalized spacial score (nSPS) is 11.4. The molecule has 4 rings (SSSR count). The van der Waals surface area contributed by atoms with Crippen LogP contribution >= 0.6 is 11.6 Å². The molecule has 34 heavy (non-hydrogen) atoms. The lowest BCUT2D eigenvalue weighted by atomic mass is 10.2. The highest BCUT2D eigenvalue weighted by atomic mass is 35.5. The van der Waals surface area contributed by atoms with E-state index in [0.29, 0.717) is 23.2 Å². The number of benzene rings is 3. The van der Waals surface area contributed by atoms with E-state index in [1.807, 2.05) is 0 Å². The Morgan fingerprint density at radius 2 is 1.59 bits per heavy atom. The fourth-order valence-corrected chi connectivity index (χ4v) is 3.18. The first kappa shape index (κ1) is 23.2. The molecule has 1 aromatic heterocycles. The number of anilines is 2. The largest absolute Gasteiger partial charge is 0.454 e. The second-order valence-electron chi connectivity index (χ2n) is 6.85. The average Bonchev–Trinajstić information content (AvgIpc) is 2.77. The molecule has 0 aliphatic carbocycles. The molecule has 0 atom stereocenters. The highest BCUT2D eigenvalue weighted by Gasteiger charge is 2.33. The Kier molecular flexibility index (Phi) is 6.20. The number of urea groups is 1. The van der Waals surface area contributed by atoms with Crippen LogP contribution in [0.5, 0.6) is 11.5 Å². The number of aromatic nitrogens is 2. The van der Waals surface area contributed by atoms with Crippen LogP contribution in [0.1, 0.15) is 5.56 Å². The molecule has 0 saturated carbocycles. The van der Waals surface area contributed by atoms with Gasteiger partial charge in [0.15, 0.2) is 11.6 Å². The molecule has 12 heteroatoms. The number of hydrogen-bond acceptors (Lipinski definition) is 4. The molecule has 6 nitrogen and oxygen atoms in total. The van der Waals surface area contributed by atoms with Gasteiger partial charge in [-0.25, -0.2) is 9.18 Å². The van der Waals surface area contributed by atoms with Gasteiger partial charge in [-0.1, -0.05) is 11.6 Å². The van der Waals surface area contributed by atoms with Crippen molar-refractivity contribution in [1.29, 1.82) is 0 Å². The van der Waals surface area contributed by atoms with E-state index >= 15 is 0 Å². The van der Waals surface area contributed by atoms with Gasteiger partial charge in [-0.05, 0) is 30.3 Å². The molecule has 0 unspecified atom stereocenters. The number of ether oxygens (including phenoxy) is 1. The third-order valence-corrected chi connectivity index (χ3v) is 4.78. The average molecular weight is 495 g/mol. The summed E-state index contributed by atoms with van der Waals surface area (Å²) in [5.74, 6) is -3.03. The van der Waals surface area contributed by atoms with Crippen LogP contribution in [0.2, 0.25) is 5.02 Å². The van der Waals surface area contributed by atoms with Crippen molar-refractivity contribution in [2.75, 3.05) is 10.6 Å². The summed E-state index contributed by atoms with van der Waals surface area (Å²) in [5.41, 5.74) is -0.557. The van der Waals surface area contributed by atoms with Gasteiger partial charge in [0, 0.05) is 42.0 Å². The van der Waals surface area contributed by atoms with Crippen LogP contribution in [0.25, 0.3) is 11.0 Å². The Morgan fingerprint density at radius 1 is 0.882 bits per heavy atom. The quantitative estimate of drug-likeness (QED) is 0.299. The minimum Gasteiger partial charge on any atom is -0.454 e. The summed E-state index contributed by atoms with van der Waals surface area (Å²) in [6.07, 6.45) is -1.79. The van der Waals surface area contributed by atoms with E-state index in [1.165, 1.54) is 24.5 Å². The van der Waals surface area contributed by atoms with Crippen molar-refractivity contribution in [3.05, 3.63) is 83.1 Å². The summed E-state index contributed by atoms with van der Waals surface area (Å²) in [4.78, 5) is 20.4. The number of amides is 2. The molecule has 0 aliphatic heterocycles. The van der Waals surface area contributed by atoms with E-state index in [9.17, 15) is 26.7 Å². The summed E-state index contributed by atoms with van der Waals surface area (Å²) >= 11 is 5.55. The van der Waals surface area contributed by atoms with E-state index in [0.717, 1.165) is 18.2 Å². The zero-order chi connectivity index (χ0) is 24.5. The maximum absolute atomic E-state index is 14.3. The number of halogens is 6. The summed E-state index contributed by atoms with van der Waals surface area (Å²) in [6, 6.07) is 7.97. The molecule has 0 radical (unpaired) electrons. The number of rotatable bonds is 4. The molecular formula is C22H12ClF5N4O2. The molecular weight excluding hydrogens is 483 g/mol. The number of carbonyl (C=O) groups is 1. The lowest BCUT2D eigenvalue weighted by Gasteiger charge is -2.13. The molecule has 174 valence electrons. The maximum atomic E-state index is 14.3. The molecule has 2 amide bonds. The number of nitrogens with one attached hydrogen (secondary N) is 2.